The van der Waals surface area contributed by atoms with E-state index in [9.17, 15) is 19.5 Å². The quantitative estimate of drug-likeness (QED) is 0.0195. The van der Waals surface area contributed by atoms with Gasteiger partial charge >= 0.3 is 11.9 Å². The number of ether oxygens (including phenoxy) is 4. The van der Waals surface area contributed by atoms with E-state index in [2.05, 4.69) is 154 Å². The first kappa shape index (κ1) is 73.9. The van der Waals surface area contributed by atoms with Crippen molar-refractivity contribution in [2.45, 2.75) is 219 Å². The van der Waals surface area contributed by atoms with E-state index in [1.54, 1.807) is 6.08 Å². The zero-order chi connectivity index (χ0) is 57.6. The van der Waals surface area contributed by atoms with Crippen molar-refractivity contribution < 1.29 is 42.9 Å². The lowest BCUT2D eigenvalue weighted by atomic mass is 10.0. The Bertz CT molecular complexity index is 1850. The molecule has 0 saturated heterocycles. The van der Waals surface area contributed by atoms with Crippen molar-refractivity contribution in [3.63, 3.8) is 0 Å². The number of rotatable bonds is 54. The Morgan fingerprint density at radius 2 is 0.722 bits per heavy atom. The molecular formula is C70H111NO8. The second kappa shape index (κ2) is 59.0. The second-order valence-electron chi connectivity index (χ2n) is 20.9. The minimum absolute atomic E-state index is 0.0528. The number of allylic oxidation sites excluding steroid dienone is 25. The van der Waals surface area contributed by atoms with Gasteiger partial charge in [0.15, 0.2) is 12.4 Å². The molecule has 2 atom stereocenters. The van der Waals surface area contributed by atoms with Crippen LogP contribution in [0.2, 0.25) is 0 Å². The van der Waals surface area contributed by atoms with Gasteiger partial charge in [-0.1, -0.05) is 249 Å². The molecule has 0 aromatic heterocycles. The van der Waals surface area contributed by atoms with E-state index in [0.717, 1.165) is 96.3 Å². The molecule has 2 unspecified atom stereocenters. The normalized spacial score (nSPS) is 13.9. The molecule has 0 aliphatic carbocycles. The van der Waals surface area contributed by atoms with E-state index < -0.39 is 30.3 Å². The van der Waals surface area contributed by atoms with E-state index in [4.69, 9.17) is 18.9 Å². The number of hydrogen-bond acceptors (Lipinski definition) is 8. The van der Waals surface area contributed by atoms with Crippen LogP contribution < -0.4 is 5.11 Å². The first-order valence-electron chi connectivity index (χ1n) is 30.6. The van der Waals surface area contributed by atoms with Gasteiger partial charge in [-0.25, -0.2) is 0 Å². The van der Waals surface area contributed by atoms with Gasteiger partial charge < -0.3 is 33.3 Å². The number of aliphatic carboxylic acids is 1. The molecule has 0 rings (SSSR count). The SMILES string of the molecule is CC/C=C\C/C=C\C/C=C\C/C=C\C/C=C\C/C=C\C/C=C\C/C=C\CCCCCCCCCCCCCCCCC(=O)OC(COC(=O)C/C=C\C/C=C\C/C=C\C/C=C\C/C=C\CC)COC(OCC[N+](C)(C)C)C(=O)[O-]. The van der Waals surface area contributed by atoms with Crippen LogP contribution in [0.3, 0.4) is 0 Å². The maximum absolute atomic E-state index is 12.9. The summed E-state index contributed by atoms with van der Waals surface area (Å²) in [6.45, 7) is 4.38. The summed E-state index contributed by atoms with van der Waals surface area (Å²) >= 11 is 0. The maximum Gasteiger partial charge on any atom is 0.309 e. The van der Waals surface area contributed by atoms with Gasteiger partial charge in [-0.2, -0.15) is 0 Å². The van der Waals surface area contributed by atoms with Crippen LogP contribution >= 0.6 is 0 Å². The summed E-state index contributed by atoms with van der Waals surface area (Å²) in [4.78, 5) is 37.2. The third-order valence-electron chi connectivity index (χ3n) is 12.3. The fourth-order valence-corrected chi connectivity index (χ4v) is 7.68. The minimum Gasteiger partial charge on any atom is -0.545 e. The molecule has 0 radical (unpaired) electrons. The number of esters is 2. The molecule has 0 N–H and O–H groups in total. The lowest BCUT2D eigenvalue weighted by molar-refractivity contribution is -0.870. The van der Waals surface area contributed by atoms with Crippen molar-refractivity contribution >= 4 is 17.9 Å². The van der Waals surface area contributed by atoms with Crippen molar-refractivity contribution in [3.8, 4) is 0 Å². The number of nitrogens with zero attached hydrogens (tertiary/aromatic N) is 1. The topological polar surface area (TPSA) is 111 Å². The standard InChI is InChI=1S/C70H111NO8/c1-6-8-10-12-14-16-18-20-22-23-24-25-26-27-28-29-30-31-32-33-34-35-36-37-38-39-40-41-42-43-44-45-47-49-51-53-55-57-59-61-68(73)79-66(65-78-70(69(74)75)76-63-62-71(3,4)5)64-77-67(72)60-58-56-54-52-50-48-46-21-19-17-15-13-11-9-7-2/h8-11,14-17,20-22,24-25,27-28,30-31,33-34,36-37,46,50,52,56,58,66,70H,6-7,12-13,18-19,23,26,29,32,35,38-45,47-49,51,53-55,57,59-65H2,1-5H3/b10-8-,11-9-,16-14-,17-15-,22-20-,25-24-,28-27-,31-30-,34-33-,37-36-,46-21-,52-50-,58-56-. The Kier molecular flexibility index (Phi) is 55.2. The summed E-state index contributed by atoms with van der Waals surface area (Å²) in [5.41, 5.74) is 0. The van der Waals surface area contributed by atoms with Crippen molar-refractivity contribution in [1.29, 1.82) is 0 Å². The molecule has 9 heteroatoms. The molecule has 444 valence electrons. The molecular weight excluding hydrogens is 983 g/mol. The smallest absolute Gasteiger partial charge is 0.309 e. The van der Waals surface area contributed by atoms with Crippen LogP contribution in [0.25, 0.3) is 0 Å². The highest BCUT2D eigenvalue weighted by Crippen LogP contribution is 2.15. The number of likely N-dealkylation sites (N-methyl/N-ethyl adjacent to an activating group) is 1. The Labute approximate surface area is 483 Å². The number of carboxylic acid groups (broad SMARTS) is 1. The maximum atomic E-state index is 12.9. The van der Waals surface area contributed by atoms with E-state index in [0.29, 0.717) is 23.9 Å². The molecule has 0 fully saturated rings. The molecule has 0 bridgehead atoms. The number of quaternary nitrogens is 1. The van der Waals surface area contributed by atoms with Gasteiger partial charge in [-0.05, 0) is 103 Å². The number of carbonyl (C=O) groups is 3. The van der Waals surface area contributed by atoms with Crippen molar-refractivity contribution in [2.24, 2.45) is 0 Å². The van der Waals surface area contributed by atoms with Gasteiger partial charge in [-0.15, -0.1) is 0 Å². The average Bonchev–Trinajstić information content (AvgIpc) is 3.42. The highest BCUT2D eigenvalue weighted by Gasteiger charge is 2.21. The molecule has 9 nitrogen and oxygen atoms in total. The fraction of sp³-hybridized carbons (Fsp3) is 0.586. The van der Waals surface area contributed by atoms with E-state index >= 15 is 0 Å². The van der Waals surface area contributed by atoms with Gasteiger partial charge in [0.05, 0.1) is 46.7 Å². The highest BCUT2D eigenvalue weighted by molar-refractivity contribution is 5.71. The first-order valence-corrected chi connectivity index (χ1v) is 30.6. The lowest BCUT2D eigenvalue weighted by Gasteiger charge is -2.26. The Morgan fingerprint density at radius 3 is 1.08 bits per heavy atom. The second-order valence-corrected chi connectivity index (χ2v) is 20.9. The molecule has 0 spiro atoms. The molecule has 0 aliphatic heterocycles. The summed E-state index contributed by atoms with van der Waals surface area (Å²) in [5, 5.41) is 11.8. The van der Waals surface area contributed by atoms with Gasteiger partial charge in [0.2, 0.25) is 0 Å². The number of unbranched alkanes of at least 4 members (excludes halogenated alkanes) is 14. The molecule has 79 heavy (non-hydrogen) atoms. The molecule has 0 aromatic rings. The van der Waals surface area contributed by atoms with Crippen LogP contribution in [-0.4, -0.2) is 82.3 Å². The Balaban J connectivity index is 4.17. The summed E-state index contributed by atoms with van der Waals surface area (Å²) in [7, 11) is 5.88. The third-order valence-corrected chi connectivity index (χ3v) is 12.3. The average molecular weight is 1090 g/mol. The largest absolute Gasteiger partial charge is 0.545 e. The first-order chi connectivity index (χ1) is 38.6. The number of carbonyl (C=O) groups excluding carboxylic acids is 3. The zero-order valence-corrected chi connectivity index (χ0v) is 50.4. The van der Waals surface area contributed by atoms with Crippen LogP contribution in [0.15, 0.2) is 158 Å². The van der Waals surface area contributed by atoms with Crippen LogP contribution in [0, 0.1) is 0 Å². The lowest BCUT2D eigenvalue weighted by Crippen LogP contribution is -2.44. The number of carboxylic acids is 1. The van der Waals surface area contributed by atoms with Gasteiger partial charge in [0, 0.05) is 6.42 Å². The predicted octanol–water partition coefficient (Wildman–Crippen LogP) is 17.2. The molecule has 0 aliphatic rings. The summed E-state index contributed by atoms with van der Waals surface area (Å²) in [5.74, 6) is -2.46. The van der Waals surface area contributed by atoms with Gasteiger partial charge in [0.25, 0.3) is 0 Å². The van der Waals surface area contributed by atoms with E-state index in [-0.39, 0.29) is 32.7 Å². The van der Waals surface area contributed by atoms with Gasteiger partial charge in [0.1, 0.15) is 13.2 Å². The van der Waals surface area contributed by atoms with Crippen LogP contribution in [0.5, 0.6) is 0 Å². The van der Waals surface area contributed by atoms with Crippen LogP contribution in [0.1, 0.15) is 206 Å². The van der Waals surface area contributed by atoms with Crippen molar-refractivity contribution in [3.05, 3.63) is 158 Å². The van der Waals surface area contributed by atoms with Crippen molar-refractivity contribution in [2.75, 3.05) is 47.5 Å². The summed E-state index contributed by atoms with van der Waals surface area (Å²) in [6.07, 6.45) is 84.9. The van der Waals surface area contributed by atoms with Crippen molar-refractivity contribution in [1.82, 2.24) is 0 Å². The summed E-state index contributed by atoms with van der Waals surface area (Å²) < 4.78 is 22.5. The monoisotopic (exact) mass is 1090 g/mol. The molecule has 0 heterocycles. The van der Waals surface area contributed by atoms with E-state index in [1.807, 2.05) is 33.3 Å². The minimum atomic E-state index is -1.65. The summed E-state index contributed by atoms with van der Waals surface area (Å²) in [6, 6.07) is 0. The molecule has 0 saturated carbocycles. The molecule has 0 aromatic carbocycles. The van der Waals surface area contributed by atoms with Crippen LogP contribution in [-0.2, 0) is 33.3 Å². The zero-order valence-electron chi connectivity index (χ0n) is 50.4. The molecule has 0 amide bonds. The van der Waals surface area contributed by atoms with Crippen LogP contribution in [0.4, 0.5) is 0 Å². The van der Waals surface area contributed by atoms with E-state index in [1.165, 1.54) is 70.6 Å². The number of hydrogen-bond donors (Lipinski definition) is 0. The highest BCUT2D eigenvalue weighted by atomic mass is 16.7. The Hall–Kier alpha value is -5.09. The predicted molar refractivity (Wildman–Crippen MR) is 333 cm³/mol. The fourth-order valence-electron chi connectivity index (χ4n) is 7.68. The van der Waals surface area contributed by atoms with Gasteiger partial charge in [-0.3, -0.25) is 9.59 Å². The Morgan fingerprint density at radius 1 is 0.392 bits per heavy atom. The third kappa shape index (κ3) is 60.4.